The maximum atomic E-state index is 11.4. The molecule has 7 nitrogen and oxygen atoms in total. The molecular weight excluding hydrogens is 433 g/mol. The number of rotatable bonds is 3. The quantitative estimate of drug-likeness (QED) is 0.423. The van der Waals surface area contributed by atoms with E-state index in [-0.39, 0.29) is 35.3 Å². The second kappa shape index (κ2) is 9.40. The van der Waals surface area contributed by atoms with Gasteiger partial charge < -0.3 is 19.5 Å². The summed E-state index contributed by atoms with van der Waals surface area (Å²) in [6.07, 6.45) is 1.78. The summed E-state index contributed by atoms with van der Waals surface area (Å²) in [6, 6.07) is 0. The lowest BCUT2D eigenvalue weighted by molar-refractivity contribution is -0.130. The van der Waals surface area contributed by atoms with Crippen molar-refractivity contribution in [3.05, 3.63) is 17.8 Å². The van der Waals surface area contributed by atoms with Gasteiger partial charge in [0.15, 0.2) is 5.96 Å². The Bertz CT molecular complexity index is 586. The van der Waals surface area contributed by atoms with E-state index in [0.29, 0.717) is 12.4 Å². The summed E-state index contributed by atoms with van der Waals surface area (Å²) in [5.41, 5.74) is -0.0531. The van der Waals surface area contributed by atoms with Gasteiger partial charge in [-0.1, -0.05) is 20.8 Å². The lowest BCUT2D eigenvalue weighted by Crippen LogP contribution is -2.53. The topological polar surface area (TPSA) is 74.0 Å². The predicted octanol–water partition coefficient (Wildman–Crippen LogP) is 2.22. The smallest absolute Gasteiger partial charge is 0.219 e. The van der Waals surface area contributed by atoms with Crippen molar-refractivity contribution in [1.82, 2.24) is 20.1 Å². The lowest BCUT2D eigenvalue weighted by Gasteiger charge is -2.36. The van der Waals surface area contributed by atoms with Crippen LogP contribution in [0.3, 0.4) is 0 Å². The zero-order valence-corrected chi connectivity index (χ0v) is 18.2. The molecule has 2 rings (SSSR count). The van der Waals surface area contributed by atoms with Crippen LogP contribution in [0.1, 0.15) is 46.3 Å². The van der Waals surface area contributed by atoms with Crippen molar-refractivity contribution in [2.75, 3.05) is 32.7 Å². The molecule has 1 aliphatic rings. The van der Waals surface area contributed by atoms with Gasteiger partial charge in [-0.15, -0.1) is 24.0 Å². The number of hydrogen-bond acceptors (Lipinski definition) is 4. The minimum Gasteiger partial charge on any atom is -0.443 e. The Morgan fingerprint density at radius 3 is 2.36 bits per heavy atom. The van der Waals surface area contributed by atoms with E-state index in [1.54, 1.807) is 13.1 Å². The maximum Gasteiger partial charge on any atom is 0.219 e. The van der Waals surface area contributed by atoms with Crippen LogP contribution in [-0.4, -0.2) is 59.4 Å². The molecule has 0 aliphatic carbocycles. The number of amides is 1. The first-order valence-electron chi connectivity index (χ1n) is 8.55. The molecule has 0 radical (unpaired) electrons. The molecule has 0 spiro atoms. The van der Waals surface area contributed by atoms with Crippen molar-refractivity contribution in [1.29, 1.82) is 0 Å². The summed E-state index contributed by atoms with van der Waals surface area (Å²) < 4.78 is 5.80. The van der Waals surface area contributed by atoms with Gasteiger partial charge in [-0.25, -0.2) is 9.98 Å². The van der Waals surface area contributed by atoms with Crippen LogP contribution in [0.25, 0.3) is 0 Å². The average molecular weight is 463 g/mol. The zero-order valence-electron chi connectivity index (χ0n) is 15.8. The summed E-state index contributed by atoms with van der Waals surface area (Å²) in [5, 5.41) is 3.31. The molecule has 1 N–H and O–H groups in total. The third-order valence-electron chi connectivity index (χ3n) is 4.02. The van der Waals surface area contributed by atoms with Crippen molar-refractivity contribution in [3.63, 3.8) is 0 Å². The van der Waals surface area contributed by atoms with E-state index < -0.39 is 0 Å². The number of carbonyl (C=O) groups excluding carboxylic acids is 1. The third-order valence-corrected chi connectivity index (χ3v) is 4.02. The molecule has 1 fully saturated rings. The summed E-state index contributed by atoms with van der Waals surface area (Å²) in [4.78, 5) is 24.4. The van der Waals surface area contributed by atoms with Crippen molar-refractivity contribution >= 4 is 35.8 Å². The number of guanidine groups is 1. The van der Waals surface area contributed by atoms with Crippen LogP contribution in [0.15, 0.2) is 15.6 Å². The number of piperazine rings is 1. The minimum atomic E-state index is -0.0531. The number of halogens is 1. The zero-order chi connectivity index (χ0) is 17.7. The van der Waals surface area contributed by atoms with Crippen LogP contribution in [0, 0.1) is 0 Å². The molecule has 1 aromatic heterocycles. The fourth-order valence-corrected chi connectivity index (χ4v) is 2.53. The van der Waals surface area contributed by atoms with Gasteiger partial charge in [-0.05, 0) is 6.92 Å². The Labute approximate surface area is 167 Å². The largest absolute Gasteiger partial charge is 0.443 e. The molecule has 25 heavy (non-hydrogen) atoms. The SMILES string of the molecule is CCNC(=NCc1ncc(C(C)(C)C)o1)N1CCN(C(C)=O)CC1.I. The number of oxazole rings is 1. The number of aromatic nitrogens is 1. The Morgan fingerprint density at radius 1 is 1.28 bits per heavy atom. The molecule has 1 aromatic rings. The molecule has 0 saturated carbocycles. The first-order valence-corrected chi connectivity index (χ1v) is 8.55. The Kier molecular flexibility index (Phi) is 8.17. The standard InChI is InChI=1S/C17H29N5O2.HI/c1-6-18-16(22-9-7-21(8-10-22)13(2)23)20-12-15-19-11-14(24-15)17(3,4)5;/h11H,6-10,12H2,1-5H3,(H,18,20);1H. The van der Waals surface area contributed by atoms with Gasteiger partial charge in [0, 0.05) is 45.1 Å². The fraction of sp³-hybridized carbons (Fsp3) is 0.706. The van der Waals surface area contributed by atoms with Crippen LogP contribution in [-0.2, 0) is 16.8 Å². The van der Waals surface area contributed by atoms with Crippen molar-refractivity contribution in [2.45, 2.75) is 46.6 Å². The third kappa shape index (κ3) is 6.16. The van der Waals surface area contributed by atoms with Crippen molar-refractivity contribution in [2.24, 2.45) is 4.99 Å². The van der Waals surface area contributed by atoms with Gasteiger partial charge in [-0.2, -0.15) is 0 Å². The van der Waals surface area contributed by atoms with Crippen molar-refractivity contribution in [3.8, 4) is 0 Å². The summed E-state index contributed by atoms with van der Waals surface area (Å²) >= 11 is 0. The number of nitrogens with one attached hydrogen (secondary N) is 1. The Morgan fingerprint density at radius 2 is 1.88 bits per heavy atom. The monoisotopic (exact) mass is 463 g/mol. The summed E-state index contributed by atoms with van der Waals surface area (Å²) in [7, 11) is 0. The van der Waals surface area contributed by atoms with Gasteiger partial charge in [0.05, 0.1) is 6.20 Å². The van der Waals surface area contributed by atoms with Crippen LogP contribution in [0.2, 0.25) is 0 Å². The second-order valence-corrected chi connectivity index (χ2v) is 7.03. The van der Waals surface area contributed by atoms with Crippen LogP contribution in [0.4, 0.5) is 0 Å². The number of nitrogens with zero attached hydrogens (tertiary/aromatic N) is 4. The van der Waals surface area contributed by atoms with E-state index in [4.69, 9.17) is 4.42 Å². The number of hydrogen-bond donors (Lipinski definition) is 1. The molecule has 0 unspecified atom stereocenters. The highest BCUT2D eigenvalue weighted by Gasteiger charge is 2.22. The highest BCUT2D eigenvalue weighted by Crippen LogP contribution is 2.22. The number of aliphatic imine (C=N–C) groups is 1. The molecular formula is C17H30IN5O2. The van der Waals surface area contributed by atoms with E-state index in [2.05, 4.69) is 41.0 Å². The van der Waals surface area contributed by atoms with E-state index in [1.165, 1.54) is 0 Å². The predicted molar refractivity (Wildman–Crippen MR) is 109 cm³/mol. The van der Waals surface area contributed by atoms with E-state index >= 15 is 0 Å². The second-order valence-electron chi connectivity index (χ2n) is 7.03. The van der Waals surface area contributed by atoms with E-state index in [1.807, 2.05) is 11.8 Å². The highest BCUT2D eigenvalue weighted by molar-refractivity contribution is 14.0. The molecule has 1 amide bonds. The van der Waals surface area contributed by atoms with E-state index in [0.717, 1.165) is 44.4 Å². The van der Waals surface area contributed by atoms with Crippen LogP contribution in [0.5, 0.6) is 0 Å². The molecule has 1 aliphatic heterocycles. The molecule has 0 aromatic carbocycles. The molecule has 0 atom stereocenters. The molecule has 142 valence electrons. The minimum absolute atomic E-state index is 0. The average Bonchev–Trinajstić information content (AvgIpc) is 3.01. The lowest BCUT2D eigenvalue weighted by atomic mass is 9.94. The van der Waals surface area contributed by atoms with Gasteiger partial charge in [0.1, 0.15) is 12.3 Å². The normalized spacial score (nSPS) is 15.8. The molecule has 8 heteroatoms. The molecule has 0 bridgehead atoms. The van der Waals surface area contributed by atoms with Gasteiger partial charge in [-0.3, -0.25) is 4.79 Å². The molecule has 1 saturated heterocycles. The van der Waals surface area contributed by atoms with Gasteiger partial charge >= 0.3 is 0 Å². The van der Waals surface area contributed by atoms with Crippen LogP contribution < -0.4 is 5.32 Å². The van der Waals surface area contributed by atoms with Crippen molar-refractivity contribution < 1.29 is 9.21 Å². The van der Waals surface area contributed by atoms with Gasteiger partial charge in [0.25, 0.3) is 0 Å². The van der Waals surface area contributed by atoms with E-state index in [9.17, 15) is 4.79 Å². The Hall–Kier alpha value is -1.32. The van der Waals surface area contributed by atoms with Gasteiger partial charge in [0.2, 0.25) is 11.8 Å². The fourth-order valence-electron chi connectivity index (χ4n) is 2.53. The molecule has 2 heterocycles. The maximum absolute atomic E-state index is 11.4. The summed E-state index contributed by atoms with van der Waals surface area (Å²) in [6.45, 7) is 14.2. The highest BCUT2D eigenvalue weighted by atomic mass is 127. The first kappa shape index (κ1) is 21.7. The Balaban J connectivity index is 0.00000312. The van der Waals surface area contributed by atoms with Crippen LogP contribution >= 0.6 is 24.0 Å². The number of carbonyl (C=O) groups is 1. The first-order chi connectivity index (χ1) is 11.3. The summed E-state index contributed by atoms with van der Waals surface area (Å²) in [5.74, 6) is 2.47.